The van der Waals surface area contributed by atoms with Gasteiger partial charge < -0.3 is 4.98 Å². The van der Waals surface area contributed by atoms with Crippen LogP contribution in [0.15, 0.2) is 16.9 Å². The zero-order valence-corrected chi connectivity index (χ0v) is 14.3. The van der Waals surface area contributed by atoms with Crippen LogP contribution in [0.3, 0.4) is 0 Å². The van der Waals surface area contributed by atoms with Crippen molar-refractivity contribution in [3.8, 4) is 0 Å². The summed E-state index contributed by atoms with van der Waals surface area (Å²) in [6.45, 7) is 5.82. The lowest BCUT2D eigenvalue weighted by atomic mass is 10.3. The molecule has 0 radical (unpaired) electrons. The van der Waals surface area contributed by atoms with E-state index >= 15 is 0 Å². The highest BCUT2D eigenvalue weighted by Gasteiger charge is 2.35. The molecule has 2 aromatic rings. The minimum Gasteiger partial charge on any atom is -0.334 e. The molecule has 0 fully saturated rings. The highest BCUT2D eigenvalue weighted by atomic mass is 35.5. The fourth-order valence-electron chi connectivity index (χ4n) is 1.85. The van der Waals surface area contributed by atoms with Crippen LogP contribution in [-0.4, -0.2) is 19.3 Å². The van der Waals surface area contributed by atoms with E-state index in [1.807, 2.05) is 13.8 Å². The van der Waals surface area contributed by atoms with Crippen molar-refractivity contribution in [3.63, 3.8) is 0 Å². The van der Waals surface area contributed by atoms with Crippen molar-refractivity contribution in [3.05, 3.63) is 43.8 Å². The van der Waals surface area contributed by atoms with Crippen molar-refractivity contribution < 1.29 is 13.2 Å². The molecule has 5 nitrogen and oxygen atoms in total. The number of hydrogen-bond donors (Lipinski definition) is 1. The van der Waals surface area contributed by atoms with Crippen LogP contribution >= 0.6 is 23.8 Å². The summed E-state index contributed by atoms with van der Waals surface area (Å²) < 4.78 is 40.6. The molecule has 0 atom stereocenters. The molecular formula is C13H16ClF3N4OS. The summed E-state index contributed by atoms with van der Waals surface area (Å²) in [5.41, 5.74) is -1.16. The lowest BCUT2D eigenvalue weighted by Gasteiger charge is -2.11. The Labute approximate surface area is 140 Å². The predicted octanol–water partition coefficient (Wildman–Crippen LogP) is 3.87. The number of alkyl halides is 3. The minimum atomic E-state index is -4.59. The Bertz CT molecular complexity index is 747. The number of aromatic nitrogens is 4. The van der Waals surface area contributed by atoms with Crippen LogP contribution in [0.25, 0.3) is 0 Å². The Balaban J connectivity index is 0.00000127. The zero-order valence-electron chi connectivity index (χ0n) is 12.7. The van der Waals surface area contributed by atoms with Gasteiger partial charge in [0.15, 0.2) is 9.92 Å². The third-order valence-corrected chi connectivity index (χ3v) is 3.26. The summed E-state index contributed by atoms with van der Waals surface area (Å²) in [4.78, 5) is 14.5. The van der Waals surface area contributed by atoms with E-state index in [1.165, 1.54) is 10.6 Å². The van der Waals surface area contributed by atoms with E-state index in [1.54, 1.807) is 6.92 Å². The van der Waals surface area contributed by atoms with Crippen LogP contribution < -0.4 is 5.56 Å². The second-order valence-electron chi connectivity index (χ2n) is 4.19. The molecule has 0 saturated heterocycles. The molecule has 0 aliphatic carbocycles. The summed E-state index contributed by atoms with van der Waals surface area (Å²) in [5.74, 6) is 0. The van der Waals surface area contributed by atoms with E-state index < -0.39 is 11.9 Å². The van der Waals surface area contributed by atoms with E-state index in [2.05, 4.69) is 10.1 Å². The number of nitrogens with zero attached hydrogens (tertiary/aromatic N) is 3. The van der Waals surface area contributed by atoms with E-state index in [-0.39, 0.29) is 27.7 Å². The van der Waals surface area contributed by atoms with Gasteiger partial charge >= 0.3 is 6.18 Å². The smallest absolute Gasteiger partial charge is 0.334 e. The van der Waals surface area contributed by atoms with Crippen molar-refractivity contribution in [1.29, 1.82) is 0 Å². The molecule has 2 heterocycles. The Morgan fingerprint density at radius 2 is 1.96 bits per heavy atom. The molecule has 0 unspecified atom stereocenters. The zero-order chi connectivity index (χ0) is 17.8. The quantitative estimate of drug-likeness (QED) is 0.837. The van der Waals surface area contributed by atoms with Crippen molar-refractivity contribution in [2.45, 2.75) is 40.0 Å². The lowest BCUT2D eigenvalue weighted by Crippen LogP contribution is -2.23. The van der Waals surface area contributed by atoms with Gasteiger partial charge in [0.1, 0.15) is 5.69 Å². The number of rotatable bonds is 3. The lowest BCUT2D eigenvalue weighted by molar-refractivity contribution is -0.144. The van der Waals surface area contributed by atoms with Gasteiger partial charge in [-0.3, -0.25) is 14.0 Å². The fraction of sp³-hybridized carbons (Fsp3) is 0.462. The molecule has 0 aliphatic heterocycles. The van der Waals surface area contributed by atoms with Crippen LogP contribution in [-0.2, 0) is 19.3 Å². The number of hydrogen-bond acceptors (Lipinski definition) is 3. The maximum Gasteiger partial charge on any atom is 0.433 e. The van der Waals surface area contributed by atoms with Crippen molar-refractivity contribution in [2.75, 3.05) is 0 Å². The fourth-order valence-corrected chi connectivity index (χ4v) is 2.39. The van der Waals surface area contributed by atoms with Gasteiger partial charge in [0.2, 0.25) is 0 Å². The molecule has 0 saturated carbocycles. The second kappa shape index (κ2) is 7.78. The molecular weight excluding hydrogens is 353 g/mol. The van der Waals surface area contributed by atoms with Gasteiger partial charge in [-0.1, -0.05) is 25.4 Å². The van der Waals surface area contributed by atoms with Gasteiger partial charge in [-0.15, -0.1) is 0 Å². The topological polar surface area (TPSA) is 55.6 Å². The van der Waals surface area contributed by atoms with Gasteiger partial charge in [-0.2, -0.15) is 18.3 Å². The maximum absolute atomic E-state index is 12.8. The van der Waals surface area contributed by atoms with Gasteiger partial charge in [-0.05, 0) is 19.1 Å². The summed E-state index contributed by atoms with van der Waals surface area (Å²) in [7, 11) is 0. The average molecular weight is 369 g/mol. The van der Waals surface area contributed by atoms with Crippen LogP contribution in [0, 0.1) is 4.77 Å². The minimum absolute atomic E-state index is 0.145. The number of nitrogens with one attached hydrogen (secondary N) is 1. The Kier molecular flexibility index (Phi) is 6.57. The second-order valence-corrected chi connectivity index (χ2v) is 4.96. The highest BCUT2D eigenvalue weighted by Crippen LogP contribution is 2.31. The number of H-pyrrole nitrogens is 1. The Morgan fingerprint density at radius 1 is 1.35 bits per heavy atom. The Hall–Kier alpha value is -1.61. The molecule has 10 heteroatoms. The van der Waals surface area contributed by atoms with Gasteiger partial charge in [0.25, 0.3) is 5.56 Å². The first kappa shape index (κ1) is 19.4. The highest BCUT2D eigenvalue weighted by molar-refractivity contribution is 7.71. The van der Waals surface area contributed by atoms with Crippen molar-refractivity contribution in [2.24, 2.45) is 0 Å². The largest absolute Gasteiger partial charge is 0.433 e. The number of halogens is 4. The molecule has 1 N–H and O–H groups in total. The predicted molar refractivity (Wildman–Crippen MR) is 84.2 cm³/mol. The molecule has 2 rings (SSSR count). The Morgan fingerprint density at radius 3 is 2.43 bits per heavy atom. The molecule has 0 aliphatic rings. The normalized spacial score (nSPS) is 11.1. The first-order valence-corrected chi connectivity index (χ1v) is 7.64. The number of aromatic amines is 1. The van der Waals surface area contributed by atoms with E-state index in [9.17, 15) is 18.0 Å². The molecule has 0 amide bonds. The first-order valence-electron chi connectivity index (χ1n) is 6.86. The summed E-state index contributed by atoms with van der Waals surface area (Å²) in [5, 5.41) is 3.30. The summed E-state index contributed by atoms with van der Waals surface area (Å²) in [6.07, 6.45) is -4.59. The van der Waals surface area contributed by atoms with E-state index in [0.29, 0.717) is 11.2 Å². The monoisotopic (exact) mass is 368 g/mol. The van der Waals surface area contributed by atoms with E-state index in [4.69, 9.17) is 23.8 Å². The van der Waals surface area contributed by atoms with Crippen LogP contribution in [0.1, 0.15) is 32.2 Å². The standard InChI is InChI=1S/C11H10ClF3N4OS.C2H6/c1-2-18-9(20)3-6(16-10(18)21)5-19-7(11(13,14)15)4-8(12)17-19;1-2/h3-4H,2,5H2,1H3,(H,16,21);1-2H3. The third kappa shape index (κ3) is 4.68. The van der Waals surface area contributed by atoms with Crippen LogP contribution in [0.5, 0.6) is 0 Å². The maximum atomic E-state index is 12.8. The van der Waals surface area contributed by atoms with Gasteiger partial charge in [0.05, 0.1) is 6.54 Å². The molecule has 128 valence electrons. The first-order chi connectivity index (χ1) is 10.7. The summed E-state index contributed by atoms with van der Waals surface area (Å²) in [6, 6.07) is 1.92. The average Bonchev–Trinajstić information content (AvgIpc) is 2.81. The van der Waals surface area contributed by atoms with Gasteiger partial charge in [0, 0.05) is 24.4 Å². The SMILES string of the molecule is CC.CCn1c(=O)cc(Cn2nc(Cl)cc2C(F)(F)F)[nH]c1=S. The van der Waals surface area contributed by atoms with Crippen molar-refractivity contribution >= 4 is 23.8 Å². The molecule has 0 bridgehead atoms. The van der Waals surface area contributed by atoms with Crippen molar-refractivity contribution in [1.82, 2.24) is 19.3 Å². The third-order valence-electron chi connectivity index (χ3n) is 2.75. The van der Waals surface area contributed by atoms with Gasteiger partial charge in [-0.25, -0.2) is 0 Å². The molecule has 2 aromatic heterocycles. The van der Waals surface area contributed by atoms with E-state index in [0.717, 1.165) is 6.07 Å². The molecule has 0 spiro atoms. The van der Waals surface area contributed by atoms with Crippen LogP contribution in [0.2, 0.25) is 5.15 Å². The molecule has 0 aromatic carbocycles. The molecule has 23 heavy (non-hydrogen) atoms. The summed E-state index contributed by atoms with van der Waals surface area (Å²) >= 11 is 10.5. The van der Waals surface area contributed by atoms with Crippen LogP contribution in [0.4, 0.5) is 13.2 Å².